The number of aliphatic carboxylic acids is 1. The Bertz CT molecular complexity index is 3730. The molecule has 1 saturated heterocycles. The lowest BCUT2D eigenvalue weighted by Crippen LogP contribution is -2.61. The number of carboxylic acids is 1. The number of aliphatic hydroxyl groups excluding tert-OH is 1. The molecule has 3 aromatic carbocycles. The zero-order valence-corrected chi connectivity index (χ0v) is 57.5. The van der Waals surface area contributed by atoms with Crippen molar-refractivity contribution in [1.82, 2.24) is 67.5 Å². The van der Waals surface area contributed by atoms with Crippen LogP contribution in [-0.4, -0.2) is 208 Å². The van der Waals surface area contributed by atoms with Crippen LogP contribution in [0.2, 0.25) is 0 Å². The van der Waals surface area contributed by atoms with Crippen LogP contribution < -0.4 is 70.8 Å². The first-order chi connectivity index (χ1) is 48.3. The van der Waals surface area contributed by atoms with E-state index in [1.165, 1.54) is 25.7 Å². The average Bonchev–Trinajstić information content (AvgIpc) is 1.64. The van der Waals surface area contributed by atoms with Crippen LogP contribution in [0, 0.1) is 5.92 Å². The highest BCUT2D eigenvalue weighted by Gasteiger charge is 2.36. The number of carbonyl (C=O) groups excluding carboxylic acids is 11. The van der Waals surface area contributed by atoms with Gasteiger partial charge >= 0.3 is 18.0 Å². The number of esters is 1. The third-order valence-electron chi connectivity index (χ3n) is 16.0. The summed E-state index contributed by atoms with van der Waals surface area (Å²) in [6.45, 7) is 2.39. The molecule has 0 bridgehead atoms. The van der Waals surface area contributed by atoms with E-state index in [-0.39, 0.29) is 75.5 Å². The van der Waals surface area contributed by atoms with E-state index in [9.17, 15) is 63.0 Å². The molecule has 0 radical (unpaired) electrons. The second-order valence-corrected chi connectivity index (χ2v) is 25.4. The normalized spacial score (nSPS) is 19.9. The number of benzene rings is 3. The Balaban J connectivity index is 1.38. The van der Waals surface area contributed by atoms with Gasteiger partial charge in [-0.15, -0.1) is 0 Å². The summed E-state index contributed by atoms with van der Waals surface area (Å²) in [4.78, 5) is 174. The Hall–Kier alpha value is -10.2. The second kappa shape index (κ2) is 40.2. The summed E-state index contributed by atoms with van der Waals surface area (Å²) >= 11 is 1.23. The number of hydrogen-bond donors (Lipinski definition) is 15. The molecule has 5 aromatic rings. The minimum atomic E-state index is -1.70. The van der Waals surface area contributed by atoms with Crippen molar-refractivity contribution in [2.45, 2.75) is 143 Å². The lowest BCUT2D eigenvalue weighted by atomic mass is 10.00. The molecule has 0 saturated carbocycles. The van der Waals surface area contributed by atoms with Gasteiger partial charge in [-0.1, -0.05) is 74.1 Å². The molecule has 9 atom stereocenters. The first kappa shape index (κ1) is 79.8. The molecule has 19 N–H and O–H groups in total. The fourth-order valence-corrected chi connectivity index (χ4v) is 11.6. The van der Waals surface area contributed by atoms with E-state index in [4.69, 9.17) is 32.8 Å². The number of nitrogens with zero attached hydrogens (tertiary/aromatic N) is 4. The fraction of sp³-hybridized carbons (Fsp3) is 0.441. The standard InChI is InChI=1S/C68H91N17O15S/c1-39(2)36-52-64(95)79-48(23-28-69)60(91)78-50(25-30-71)63(94)82-58(40(3)86)66(97)75-32-26-51(62(93)77-49(24-29-70)61(92)81-53(65(96)80-52)37-41-12-6-5-7-13-41)76-56(87)27-33-84(34-35-100-67(98)46(72)20-22-57(88)89)68(99)85-54-38-43(101-55-16-9-8-15-45(55)59(90)73-4)18-19-44(54)47(83-85)21-17-42-14-10-11-31-74-42/h5-19,21,31,38-40,46,48-53,58,86H,20,22-30,32-37,69-72H2,1-4H3,(H,73,90)(H,75,97)(H,76,87)(H,77,93)(H,78,91)(H,79,95)(H,80,96)(H,81,92)(H,82,94)(H,88,89)/b21-17+/t40-,46+,48+,49+,50+,51+,52+,53-,58+/m1/s1. The minimum absolute atomic E-state index is 0.0323. The number of carboxylic acid groups (broad SMARTS) is 1. The van der Waals surface area contributed by atoms with Gasteiger partial charge in [0.2, 0.25) is 47.3 Å². The Labute approximate surface area is 587 Å². The van der Waals surface area contributed by atoms with Crippen molar-refractivity contribution in [2.75, 3.05) is 52.9 Å². The summed E-state index contributed by atoms with van der Waals surface area (Å²) in [5.41, 5.74) is 25.9. The molecular formula is C68H91N17O15S. The lowest BCUT2D eigenvalue weighted by Gasteiger charge is -2.28. The number of pyridine rings is 1. The topological polar surface area (TPSA) is 501 Å². The van der Waals surface area contributed by atoms with Crippen LogP contribution in [-0.2, 0) is 59.1 Å². The second-order valence-electron chi connectivity index (χ2n) is 24.3. The van der Waals surface area contributed by atoms with Crippen molar-refractivity contribution >= 4 is 106 Å². The van der Waals surface area contributed by atoms with E-state index in [0.717, 1.165) is 9.58 Å². The molecule has 1 aliphatic rings. The Morgan fingerprint density at radius 2 is 1.31 bits per heavy atom. The average molecular weight is 1420 g/mol. The number of rotatable bonds is 27. The van der Waals surface area contributed by atoms with E-state index in [1.54, 1.807) is 123 Å². The highest BCUT2D eigenvalue weighted by atomic mass is 32.2. The summed E-state index contributed by atoms with van der Waals surface area (Å²) in [7, 11) is 1.50. The third kappa shape index (κ3) is 24.6. The predicted molar refractivity (Wildman–Crippen MR) is 373 cm³/mol. The van der Waals surface area contributed by atoms with Gasteiger partial charge < -0.3 is 90.6 Å². The number of nitrogens with one attached hydrogen (secondary N) is 9. The van der Waals surface area contributed by atoms with Crippen LogP contribution in [0.25, 0.3) is 23.1 Å². The van der Waals surface area contributed by atoms with Gasteiger partial charge in [0.1, 0.15) is 54.9 Å². The maximum atomic E-state index is 15.3. The number of aliphatic hydroxyl groups is 1. The quantitative estimate of drug-likeness (QED) is 0.0284. The summed E-state index contributed by atoms with van der Waals surface area (Å²) < 4.78 is 6.52. The molecule has 32 nitrogen and oxygen atoms in total. The van der Waals surface area contributed by atoms with Crippen molar-refractivity contribution in [3.63, 3.8) is 0 Å². The summed E-state index contributed by atoms with van der Waals surface area (Å²) in [5.74, 6) is -10.1. The van der Waals surface area contributed by atoms with E-state index >= 15 is 4.79 Å². The van der Waals surface area contributed by atoms with Crippen molar-refractivity contribution in [3.05, 3.63) is 120 Å². The van der Waals surface area contributed by atoms with Crippen LogP contribution >= 0.6 is 11.8 Å². The number of carbonyl (C=O) groups is 12. The highest BCUT2D eigenvalue weighted by Crippen LogP contribution is 2.34. The zero-order valence-electron chi connectivity index (χ0n) is 56.7. The van der Waals surface area contributed by atoms with Gasteiger partial charge in [0, 0.05) is 60.8 Å². The van der Waals surface area contributed by atoms with Crippen molar-refractivity contribution in [3.8, 4) is 0 Å². The fourth-order valence-electron chi connectivity index (χ4n) is 10.6. The maximum absolute atomic E-state index is 15.3. The predicted octanol–water partition coefficient (Wildman–Crippen LogP) is -0.863. The number of nitrogens with two attached hydrogens (primary N) is 4. The third-order valence-corrected chi connectivity index (χ3v) is 17.0. The van der Waals surface area contributed by atoms with E-state index in [0.29, 0.717) is 37.7 Å². The van der Waals surface area contributed by atoms with Gasteiger partial charge in [-0.05, 0) is 131 Å². The van der Waals surface area contributed by atoms with Crippen LogP contribution in [0.1, 0.15) is 99.4 Å². The molecular weight excluding hydrogens is 1330 g/mol. The first-order valence-corrected chi connectivity index (χ1v) is 33.9. The molecule has 0 aliphatic carbocycles. The van der Waals surface area contributed by atoms with Gasteiger partial charge in [0.15, 0.2) is 0 Å². The van der Waals surface area contributed by atoms with E-state index in [1.807, 2.05) is 0 Å². The molecule has 0 unspecified atom stereocenters. The number of fused-ring (bicyclic) bond motifs is 1. The smallest absolute Gasteiger partial charge is 0.345 e. The first-order valence-electron chi connectivity index (χ1n) is 33.1. The van der Waals surface area contributed by atoms with Crippen molar-refractivity contribution < 1.29 is 72.5 Å². The summed E-state index contributed by atoms with van der Waals surface area (Å²) in [5, 5.41) is 48.8. The largest absolute Gasteiger partial charge is 0.481 e. The Morgan fingerprint density at radius 3 is 1.92 bits per heavy atom. The molecule has 6 rings (SSSR count). The van der Waals surface area contributed by atoms with Gasteiger partial charge in [-0.25, -0.2) is 4.79 Å². The Kier molecular flexibility index (Phi) is 31.7. The molecule has 1 aliphatic heterocycles. The van der Waals surface area contributed by atoms with Gasteiger partial charge in [0.25, 0.3) is 5.91 Å². The monoisotopic (exact) mass is 1420 g/mol. The minimum Gasteiger partial charge on any atom is -0.481 e. The molecule has 10 amide bonds. The van der Waals surface area contributed by atoms with Gasteiger partial charge in [0.05, 0.1) is 35.1 Å². The molecule has 3 heterocycles. The van der Waals surface area contributed by atoms with Gasteiger partial charge in [-0.2, -0.15) is 9.78 Å². The maximum Gasteiger partial charge on any atom is 0.345 e. The molecule has 1 fully saturated rings. The zero-order chi connectivity index (χ0) is 73.7. The van der Waals surface area contributed by atoms with Gasteiger partial charge in [-0.3, -0.25) is 57.7 Å². The molecule has 544 valence electrons. The Morgan fingerprint density at radius 1 is 0.713 bits per heavy atom. The van der Waals surface area contributed by atoms with Crippen LogP contribution in [0.4, 0.5) is 4.79 Å². The van der Waals surface area contributed by atoms with E-state index in [2.05, 4.69) is 52.8 Å². The molecule has 101 heavy (non-hydrogen) atoms. The number of ether oxygens (including phenoxy) is 1. The van der Waals surface area contributed by atoms with E-state index < -0.39 is 165 Å². The summed E-state index contributed by atoms with van der Waals surface area (Å²) in [6.07, 6.45) is 0.889. The van der Waals surface area contributed by atoms with Crippen LogP contribution in [0.5, 0.6) is 0 Å². The molecule has 2 aromatic heterocycles. The highest BCUT2D eigenvalue weighted by molar-refractivity contribution is 7.99. The summed E-state index contributed by atoms with van der Waals surface area (Å²) in [6, 6.07) is 13.3. The number of aromatic nitrogens is 3. The lowest BCUT2D eigenvalue weighted by molar-refractivity contribution is -0.146. The van der Waals surface area contributed by atoms with Crippen molar-refractivity contribution in [1.29, 1.82) is 0 Å². The molecule has 0 spiro atoms. The molecule has 33 heteroatoms. The number of hydrogen-bond acceptors (Lipinski definition) is 21. The van der Waals surface area contributed by atoms with Crippen LogP contribution in [0.3, 0.4) is 0 Å². The number of amides is 10. The van der Waals surface area contributed by atoms with Crippen LogP contribution in [0.15, 0.2) is 107 Å². The SMILES string of the molecule is CNC(=O)c1ccccc1Sc1ccc2c(/C=C/c3ccccn3)nn(C(=O)N(CCOC(=O)[C@@H](N)CCC(=O)O)CCC(=O)N[C@H]3CCNC(=O)[C@H]([C@@H](C)O)NC(=O)[C@H](CCN)NC(=O)[C@H](CCN)NC(=O)[C@H](CC(C)C)NC(=O)[C@@H](Cc4ccccc4)NC(=O)[C@H](CCN)NC3=O)c2c1. The van der Waals surface area contributed by atoms with Crippen molar-refractivity contribution in [2.24, 2.45) is 28.9 Å².